The first-order chi connectivity index (χ1) is 16.9. The summed E-state index contributed by atoms with van der Waals surface area (Å²) in [7, 11) is -1.90. The zero-order chi connectivity index (χ0) is 26.8. The van der Waals surface area contributed by atoms with E-state index in [-0.39, 0.29) is 91.5 Å². The van der Waals surface area contributed by atoms with Gasteiger partial charge in [-0.1, -0.05) is 39.3 Å². The summed E-state index contributed by atoms with van der Waals surface area (Å²) in [5.41, 5.74) is 0. The molecule has 1 saturated heterocycles. The SMILES string of the molecule is CC(C)OC(=O)CCCCC/C=C\CC1C(O)CC(OC2CCCCO2)[C@@H]1CO[Si](C)(C)C(C)(C)C.[Ac]. The normalized spacial score (nSPS) is 27.0. The Morgan fingerprint density at radius 1 is 1.11 bits per heavy atom. The number of aliphatic hydroxyl groups is 1. The number of esters is 1. The van der Waals surface area contributed by atoms with Gasteiger partial charge in [-0.2, -0.15) is 0 Å². The van der Waals surface area contributed by atoms with Crippen molar-refractivity contribution in [3.05, 3.63) is 12.2 Å². The monoisotopic (exact) mass is 753 g/mol. The molecule has 1 heterocycles. The molecule has 1 aliphatic carbocycles. The number of hydrogen-bond acceptors (Lipinski definition) is 6. The van der Waals surface area contributed by atoms with Crippen molar-refractivity contribution in [2.75, 3.05) is 13.2 Å². The standard InChI is InChI=1S/C29H54O6Si.Ac/c1-22(2)34-27(31)17-13-11-9-8-10-12-16-23-24(21-33-36(6,7)29(3,4)5)26(20-25(23)30)35-28-18-14-15-19-32-28;/h10,12,22-26,28,30H,8-9,11,13-21H2,1-7H3;/b12-10-;/t23?,24-,25?,26?,28?;/m1./s1. The molecule has 2 rings (SSSR count). The third-order valence-electron chi connectivity index (χ3n) is 8.10. The fourth-order valence-electron chi connectivity index (χ4n) is 4.80. The molecule has 0 aromatic rings. The van der Waals surface area contributed by atoms with Crippen LogP contribution in [-0.4, -0.2) is 57.2 Å². The van der Waals surface area contributed by atoms with E-state index in [1.165, 1.54) is 0 Å². The molecule has 0 bridgehead atoms. The molecule has 1 aliphatic heterocycles. The van der Waals surface area contributed by atoms with Crippen LogP contribution in [-0.2, 0) is 23.4 Å². The average Bonchev–Trinajstić information content (AvgIpc) is 3.07. The van der Waals surface area contributed by atoms with Crippen LogP contribution in [0.5, 0.6) is 0 Å². The fourth-order valence-corrected chi connectivity index (χ4v) is 5.85. The number of carbonyl (C=O) groups excluding carboxylic acids is 1. The van der Waals surface area contributed by atoms with E-state index in [1.807, 2.05) is 13.8 Å². The van der Waals surface area contributed by atoms with Gasteiger partial charge in [-0.15, -0.1) is 0 Å². The number of rotatable bonds is 14. The second-order valence-corrected chi connectivity index (χ2v) is 17.3. The summed E-state index contributed by atoms with van der Waals surface area (Å²) >= 11 is 0. The minimum Gasteiger partial charge on any atom is -0.463 e. The van der Waals surface area contributed by atoms with Crippen molar-refractivity contribution in [1.29, 1.82) is 0 Å². The molecule has 2 fully saturated rings. The van der Waals surface area contributed by atoms with Gasteiger partial charge in [0.15, 0.2) is 14.6 Å². The topological polar surface area (TPSA) is 74.2 Å². The van der Waals surface area contributed by atoms with Crippen molar-refractivity contribution < 1.29 is 72.6 Å². The van der Waals surface area contributed by atoms with E-state index >= 15 is 0 Å². The molecule has 0 aromatic carbocycles. The third-order valence-corrected chi connectivity index (χ3v) is 12.6. The number of allylic oxidation sites excluding steroid dienone is 2. The zero-order valence-electron chi connectivity index (χ0n) is 24.7. The Morgan fingerprint density at radius 2 is 1.84 bits per heavy atom. The first kappa shape index (κ1) is 35.7. The maximum Gasteiger partial charge on any atom is 0.306 e. The number of ether oxygens (including phenoxy) is 3. The molecule has 4 unspecified atom stereocenters. The third kappa shape index (κ3) is 12.8. The Hall–Kier alpha value is 0.708. The summed E-state index contributed by atoms with van der Waals surface area (Å²) in [5.74, 6) is 0.193. The Balaban J connectivity index is 0.00000684. The van der Waals surface area contributed by atoms with Crippen LogP contribution in [0.4, 0.5) is 0 Å². The predicted molar refractivity (Wildman–Crippen MR) is 147 cm³/mol. The molecule has 37 heavy (non-hydrogen) atoms. The summed E-state index contributed by atoms with van der Waals surface area (Å²) in [6, 6.07) is 0. The van der Waals surface area contributed by atoms with Gasteiger partial charge in [-0.05, 0) is 82.8 Å². The van der Waals surface area contributed by atoms with Gasteiger partial charge in [0, 0.05) is 76.0 Å². The van der Waals surface area contributed by atoms with Gasteiger partial charge >= 0.3 is 5.97 Å². The van der Waals surface area contributed by atoms with Crippen molar-refractivity contribution in [1.82, 2.24) is 0 Å². The first-order valence-corrected chi connectivity index (χ1v) is 17.2. The van der Waals surface area contributed by atoms with Gasteiger partial charge in [-0.25, -0.2) is 0 Å². The van der Waals surface area contributed by atoms with E-state index < -0.39 is 8.32 Å². The Kier molecular flexibility index (Phi) is 16.9. The van der Waals surface area contributed by atoms with Crippen LogP contribution in [0.3, 0.4) is 0 Å². The maximum absolute atomic E-state index is 11.6. The number of hydrogen-bond donors (Lipinski definition) is 1. The molecule has 213 valence electrons. The molecule has 0 aromatic heterocycles. The molecule has 1 radical (unpaired) electrons. The van der Waals surface area contributed by atoms with E-state index in [2.05, 4.69) is 46.0 Å². The van der Waals surface area contributed by atoms with E-state index in [9.17, 15) is 9.90 Å². The molecule has 1 saturated carbocycles. The van der Waals surface area contributed by atoms with Crippen molar-refractivity contribution in [3.8, 4) is 0 Å². The van der Waals surface area contributed by atoms with E-state index in [4.69, 9.17) is 18.6 Å². The summed E-state index contributed by atoms with van der Waals surface area (Å²) in [4.78, 5) is 11.6. The summed E-state index contributed by atoms with van der Waals surface area (Å²) in [6.45, 7) is 16.5. The van der Waals surface area contributed by atoms with Gasteiger partial charge in [-0.3, -0.25) is 4.79 Å². The van der Waals surface area contributed by atoms with E-state index in [1.54, 1.807) is 0 Å². The van der Waals surface area contributed by atoms with Crippen molar-refractivity contribution in [3.63, 3.8) is 0 Å². The number of unbranched alkanes of at least 4 members (excludes halogenated alkanes) is 3. The molecule has 0 spiro atoms. The van der Waals surface area contributed by atoms with Crippen LogP contribution >= 0.6 is 0 Å². The number of aliphatic hydroxyl groups excluding tert-OH is 1. The smallest absolute Gasteiger partial charge is 0.306 e. The van der Waals surface area contributed by atoms with Crippen LogP contribution in [0, 0.1) is 55.9 Å². The van der Waals surface area contributed by atoms with Crippen molar-refractivity contribution >= 4 is 14.3 Å². The Morgan fingerprint density at radius 3 is 2.46 bits per heavy atom. The van der Waals surface area contributed by atoms with Crippen molar-refractivity contribution in [2.45, 2.75) is 142 Å². The van der Waals surface area contributed by atoms with Gasteiger partial charge in [0.1, 0.15) is 0 Å². The summed E-state index contributed by atoms with van der Waals surface area (Å²) in [5, 5.41) is 11.1. The second-order valence-electron chi connectivity index (χ2n) is 12.5. The molecule has 1 N–H and O–H groups in total. The van der Waals surface area contributed by atoms with Gasteiger partial charge in [0.2, 0.25) is 0 Å². The molecule has 5 atom stereocenters. The Bertz CT molecular complexity index is 672. The van der Waals surface area contributed by atoms with Crippen LogP contribution in [0.15, 0.2) is 12.2 Å². The molecule has 0 amide bonds. The van der Waals surface area contributed by atoms with Gasteiger partial charge in [0.05, 0.1) is 18.3 Å². The predicted octanol–water partition coefficient (Wildman–Crippen LogP) is 6.77. The van der Waals surface area contributed by atoms with Crippen LogP contribution in [0.25, 0.3) is 0 Å². The molecule has 2 aliphatic rings. The van der Waals surface area contributed by atoms with E-state index in [0.717, 1.165) is 58.0 Å². The second kappa shape index (κ2) is 17.5. The van der Waals surface area contributed by atoms with Crippen LogP contribution < -0.4 is 0 Å². The van der Waals surface area contributed by atoms with Gasteiger partial charge in [0.25, 0.3) is 0 Å². The average molecular weight is 754 g/mol. The molecule has 6 nitrogen and oxygen atoms in total. The zero-order valence-corrected chi connectivity index (χ0v) is 30.4. The molecule has 8 heteroatoms. The van der Waals surface area contributed by atoms with Crippen molar-refractivity contribution in [2.24, 2.45) is 11.8 Å². The van der Waals surface area contributed by atoms with Crippen LogP contribution in [0.1, 0.15) is 98.8 Å². The Labute approximate surface area is 263 Å². The van der Waals surface area contributed by atoms with E-state index in [0.29, 0.717) is 19.4 Å². The first-order valence-electron chi connectivity index (χ1n) is 14.3. The molecular formula is C29H54AcO6Si. The minimum absolute atomic E-state index is 0. The quantitative estimate of drug-likeness (QED) is 0.0915. The number of carbonyl (C=O) groups is 1. The molecular weight excluding hydrogens is 699 g/mol. The van der Waals surface area contributed by atoms with Gasteiger partial charge < -0.3 is 23.7 Å². The minimum atomic E-state index is -1.90. The van der Waals surface area contributed by atoms with Crippen LogP contribution in [0.2, 0.25) is 18.1 Å². The largest absolute Gasteiger partial charge is 0.463 e. The summed E-state index contributed by atoms with van der Waals surface area (Å²) < 4.78 is 24.1. The summed E-state index contributed by atoms with van der Waals surface area (Å²) in [6.07, 6.45) is 12.9. The fraction of sp³-hybridized carbons (Fsp3) is 0.897. The maximum atomic E-state index is 11.6.